The molecular formula is C14H14Cl2N2O2. The zero-order valence-corrected chi connectivity index (χ0v) is 12.1. The van der Waals surface area contributed by atoms with Crippen LogP contribution in [-0.4, -0.2) is 12.4 Å². The summed E-state index contributed by atoms with van der Waals surface area (Å²) in [5.74, 6) is 5.69. The average molecular weight is 313 g/mol. The molecule has 2 aromatic rings. The number of ketones is 1. The Balaban J connectivity index is 0.00000200. The summed E-state index contributed by atoms with van der Waals surface area (Å²) in [5.41, 5.74) is 3.74. The smallest absolute Gasteiger partial charge is 0.201 e. The summed E-state index contributed by atoms with van der Waals surface area (Å²) < 4.78 is 5.40. The number of nitrogens with one attached hydrogen (secondary N) is 1. The zero-order valence-electron chi connectivity index (χ0n) is 10.5. The van der Waals surface area contributed by atoms with Gasteiger partial charge in [-0.2, -0.15) is 0 Å². The number of nitrogen functional groups attached to an aromatic ring is 1. The van der Waals surface area contributed by atoms with Crippen LogP contribution < -0.4 is 16.0 Å². The first-order chi connectivity index (χ1) is 9.20. The molecule has 0 fully saturated rings. The van der Waals surface area contributed by atoms with Gasteiger partial charge in [-0.15, -0.1) is 12.4 Å². The van der Waals surface area contributed by atoms with Gasteiger partial charge in [-0.1, -0.05) is 23.7 Å². The summed E-state index contributed by atoms with van der Waals surface area (Å²) in [6.45, 7) is -0.0564. The van der Waals surface area contributed by atoms with E-state index in [1.165, 1.54) is 0 Å². The van der Waals surface area contributed by atoms with E-state index in [9.17, 15) is 4.79 Å². The van der Waals surface area contributed by atoms with Gasteiger partial charge in [0.05, 0.1) is 5.02 Å². The molecule has 0 radical (unpaired) electrons. The third-order valence-electron chi connectivity index (χ3n) is 2.57. The molecule has 4 nitrogen and oxygen atoms in total. The highest BCUT2D eigenvalue weighted by molar-refractivity contribution is 6.34. The predicted octanol–water partition coefficient (Wildman–Crippen LogP) is 3.31. The molecule has 3 N–H and O–H groups in total. The van der Waals surface area contributed by atoms with Gasteiger partial charge in [-0.25, -0.2) is 0 Å². The van der Waals surface area contributed by atoms with E-state index in [1.807, 2.05) is 0 Å². The highest BCUT2D eigenvalue weighted by Gasteiger charge is 2.10. The molecule has 0 spiro atoms. The summed E-state index contributed by atoms with van der Waals surface area (Å²) >= 11 is 5.94. The fourth-order valence-electron chi connectivity index (χ4n) is 1.56. The van der Waals surface area contributed by atoms with Crippen LogP contribution in [0.1, 0.15) is 10.4 Å². The minimum atomic E-state index is -0.161. The normalized spacial score (nSPS) is 9.50. The summed E-state index contributed by atoms with van der Waals surface area (Å²) in [6.07, 6.45) is 0. The molecule has 0 aromatic heterocycles. The Bertz CT molecular complexity index is 574. The van der Waals surface area contributed by atoms with Gasteiger partial charge in [0.25, 0.3) is 0 Å². The van der Waals surface area contributed by atoms with Crippen molar-refractivity contribution >= 4 is 35.5 Å². The third kappa shape index (κ3) is 4.13. The lowest BCUT2D eigenvalue weighted by molar-refractivity contribution is 0.0921. The summed E-state index contributed by atoms with van der Waals surface area (Å²) in [7, 11) is 0. The second kappa shape index (κ2) is 7.75. The molecule has 0 aliphatic rings. The Hall–Kier alpha value is -1.75. The van der Waals surface area contributed by atoms with E-state index in [0.29, 0.717) is 16.3 Å². The van der Waals surface area contributed by atoms with Crippen molar-refractivity contribution in [1.29, 1.82) is 0 Å². The summed E-state index contributed by atoms with van der Waals surface area (Å²) in [4.78, 5) is 11.9. The van der Waals surface area contributed by atoms with Crippen molar-refractivity contribution in [2.75, 3.05) is 12.0 Å². The van der Waals surface area contributed by atoms with Gasteiger partial charge in [0, 0.05) is 11.3 Å². The number of carbonyl (C=O) groups is 1. The van der Waals surface area contributed by atoms with Crippen LogP contribution in [0, 0.1) is 0 Å². The van der Waals surface area contributed by atoms with E-state index in [-0.39, 0.29) is 24.8 Å². The van der Waals surface area contributed by atoms with E-state index in [0.717, 1.165) is 5.69 Å². The number of nitrogens with two attached hydrogens (primary N) is 1. The van der Waals surface area contributed by atoms with Crippen LogP contribution >= 0.6 is 24.0 Å². The maximum absolute atomic E-state index is 11.9. The molecule has 0 bridgehead atoms. The van der Waals surface area contributed by atoms with Crippen LogP contribution in [0.5, 0.6) is 5.75 Å². The average Bonchev–Trinajstić information content (AvgIpc) is 2.46. The molecule has 106 valence electrons. The summed E-state index contributed by atoms with van der Waals surface area (Å²) in [5, 5.41) is 0.429. The Morgan fingerprint density at radius 1 is 1.15 bits per heavy atom. The van der Waals surface area contributed by atoms with Gasteiger partial charge in [0.15, 0.2) is 6.61 Å². The van der Waals surface area contributed by atoms with Crippen LogP contribution in [0.2, 0.25) is 5.02 Å². The lowest BCUT2D eigenvalue weighted by Crippen LogP contribution is -2.12. The number of anilines is 1. The second-order valence-corrected chi connectivity index (χ2v) is 4.27. The number of carbonyl (C=O) groups excluding carboxylic acids is 1. The number of benzene rings is 2. The molecule has 2 aromatic carbocycles. The van der Waals surface area contributed by atoms with Gasteiger partial charge >= 0.3 is 0 Å². The molecule has 0 saturated carbocycles. The molecule has 0 amide bonds. The fraction of sp³-hybridized carbons (Fsp3) is 0.0714. The first-order valence-electron chi connectivity index (χ1n) is 5.68. The van der Waals surface area contributed by atoms with Crippen LogP contribution in [0.25, 0.3) is 0 Å². The Labute approximate surface area is 128 Å². The molecule has 0 atom stereocenters. The first kappa shape index (κ1) is 16.3. The van der Waals surface area contributed by atoms with Gasteiger partial charge in [-0.05, 0) is 36.4 Å². The van der Waals surface area contributed by atoms with Crippen LogP contribution in [0.15, 0.2) is 48.5 Å². The molecule has 20 heavy (non-hydrogen) atoms. The molecule has 0 aliphatic carbocycles. The highest BCUT2D eigenvalue weighted by Crippen LogP contribution is 2.18. The number of halogens is 2. The van der Waals surface area contributed by atoms with Crippen molar-refractivity contribution in [2.24, 2.45) is 5.84 Å². The number of hydrazine groups is 1. The van der Waals surface area contributed by atoms with Gasteiger partial charge < -0.3 is 10.2 Å². The monoisotopic (exact) mass is 312 g/mol. The molecule has 0 aliphatic heterocycles. The number of ether oxygens (including phenoxy) is 1. The van der Waals surface area contributed by atoms with Crippen molar-refractivity contribution in [2.45, 2.75) is 0 Å². The molecule has 0 saturated heterocycles. The van der Waals surface area contributed by atoms with Gasteiger partial charge in [-0.3, -0.25) is 10.6 Å². The van der Waals surface area contributed by atoms with Crippen molar-refractivity contribution in [3.8, 4) is 5.75 Å². The minimum Gasteiger partial charge on any atom is -0.485 e. The standard InChI is InChI=1S/C14H13ClN2O2.ClH/c15-13-4-2-1-3-12(13)14(18)9-19-11-7-5-10(17-16)6-8-11;/h1-8,17H,9,16H2;1H. The van der Waals surface area contributed by atoms with E-state index in [4.69, 9.17) is 22.2 Å². The van der Waals surface area contributed by atoms with Crippen LogP contribution in [-0.2, 0) is 0 Å². The Morgan fingerprint density at radius 2 is 1.80 bits per heavy atom. The number of Topliss-reactive ketones (excluding diaryl/α,β-unsaturated/α-hetero) is 1. The van der Waals surface area contributed by atoms with E-state index in [1.54, 1.807) is 48.5 Å². The number of hydrogen-bond acceptors (Lipinski definition) is 4. The lowest BCUT2D eigenvalue weighted by atomic mass is 10.1. The van der Waals surface area contributed by atoms with Crippen molar-refractivity contribution in [3.05, 3.63) is 59.1 Å². The Morgan fingerprint density at radius 3 is 2.40 bits per heavy atom. The summed E-state index contributed by atoms with van der Waals surface area (Å²) in [6, 6.07) is 13.9. The second-order valence-electron chi connectivity index (χ2n) is 3.86. The zero-order chi connectivity index (χ0) is 13.7. The minimum absolute atomic E-state index is 0. The van der Waals surface area contributed by atoms with Crippen LogP contribution in [0.4, 0.5) is 5.69 Å². The number of hydrogen-bond donors (Lipinski definition) is 2. The maximum Gasteiger partial charge on any atom is 0.201 e. The maximum atomic E-state index is 11.9. The largest absolute Gasteiger partial charge is 0.485 e. The topological polar surface area (TPSA) is 64.3 Å². The Kier molecular flexibility index (Phi) is 6.31. The molecule has 0 heterocycles. The highest BCUT2D eigenvalue weighted by atomic mass is 35.5. The number of rotatable bonds is 5. The molecule has 2 rings (SSSR count). The van der Waals surface area contributed by atoms with Crippen LogP contribution in [0.3, 0.4) is 0 Å². The molecular weight excluding hydrogens is 299 g/mol. The van der Waals surface area contributed by atoms with Gasteiger partial charge in [0.2, 0.25) is 5.78 Å². The lowest BCUT2D eigenvalue weighted by Gasteiger charge is -2.07. The quantitative estimate of drug-likeness (QED) is 0.505. The fourth-order valence-corrected chi connectivity index (χ4v) is 1.80. The SMILES string of the molecule is Cl.NNc1ccc(OCC(=O)c2ccccc2Cl)cc1. The van der Waals surface area contributed by atoms with E-state index in [2.05, 4.69) is 5.43 Å². The molecule has 0 unspecified atom stereocenters. The van der Waals surface area contributed by atoms with E-state index < -0.39 is 0 Å². The third-order valence-corrected chi connectivity index (χ3v) is 2.89. The van der Waals surface area contributed by atoms with Crippen molar-refractivity contribution in [1.82, 2.24) is 0 Å². The van der Waals surface area contributed by atoms with E-state index >= 15 is 0 Å². The molecule has 6 heteroatoms. The first-order valence-corrected chi connectivity index (χ1v) is 6.05. The van der Waals surface area contributed by atoms with Gasteiger partial charge in [0.1, 0.15) is 5.75 Å². The predicted molar refractivity (Wildman–Crippen MR) is 82.8 cm³/mol. The van der Waals surface area contributed by atoms with Crippen molar-refractivity contribution < 1.29 is 9.53 Å². The van der Waals surface area contributed by atoms with Crippen molar-refractivity contribution in [3.63, 3.8) is 0 Å².